The molecule has 0 unspecified atom stereocenters. The molecule has 0 spiro atoms. The Morgan fingerprint density at radius 3 is 2.27 bits per heavy atom. The average Bonchev–Trinajstić information content (AvgIpc) is 2.65. The molecule has 2 aromatic rings. The van der Waals surface area contributed by atoms with Gasteiger partial charge in [-0.2, -0.15) is 0 Å². The van der Waals surface area contributed by atoms with Gasteiger partial charge in [0.25, 0.3) is 0 Å². The van der Waals surface area contributed by atoms with Crippen molar-refractivity contribution in [3.05, 3.63) is 42.5 Å². The second-order valence-corrected chi connectivity index (χ2v) is 5.77. The third-order valence-electron chi connectivity index (χ3n) is 3.67. The Labute approximate surface area is 154 Å². The van der Waals surface area contributed by atoms with Crippen molar-refractivity contribution >= 4 is 5.97 Å². The lowest BCUT2D eigenvalue weighted by atomic mass is 10.1. The third-order valence-corrected chi connectivity index (χ3v) is 3.67. The lowest BCUT2D eigenvalue weighted by Crippen LogP contribution is -2.05. The first-order valence-electron chi connectivity index (χ1n) is 8.94. The van der Waals surface area contributed by atoms with Crippen molar-refractivity contribution in [3.63, 3.8) is 0 Å². The zero-order valence-electron chi connectivity index (χ0n) is 15.4. The van der Waals surface area contributed by atoms with Gasteiger partial charge in [-0.05, 0) is 37.5 Å². The van der Waals surface area contributed by atoms with Crippen molar-refractivity contribution < 1.29 is 19.0 Å². The maximum absolute atomic E-state index is 10.9. The normalized spacial score (nSPS) is 10.7. The van der Waals surface area contributed by atoms with Gasteiger partial charge < -0.3 is 14.2 Å². The average molecular weight is 358 g/mol. The van der Waals surface area contributed by atoms with Crippen molar-refractivity contribution in [2.45, 2.75) is 33.1 Å². The maximum Gasteiger partial charge on any atom is 0.308 e. The predicted molar refractivity (Wildman–Crippen MR) is 99.0 cm³/mol. The van der Waals surface area contributed by atoms with Gasteiger partial charge in [0.2, 0.25) is 0 Å². The molecule has 0 aliphatic carbocycles. The molecule has 0 radical (unpaired) electrons. The number of nitrogens with zero attached hydrogens (tertiary/aromatic N) is 2. The van der Waals surface area contributed by atoms with Crippen molar-refractivity contribution in [1.82, 2.24) is 9.97 Å². The summed E-state index contributed by atoms with van der Waals surface area (Å²) in [7, 11) is 0. The second kappa shape index (κ2) is 11.3. The van der Waals surface area contributed by atoms with E-state index in [4.69, 9.17) is 14.2 Å². The number of unbranched alkanes of at least 4 members (excludes halogenated alkanes) is 1. The number of hydrogen-bond donors (Lipinski definition) is 0. The van der Waals surface area contributed by atoms with E-state index in [-0.39, 0.29) is 5.97 Å². The molecule has 0 aliphatic rings. The minimum atomic E-state index is -0.329. The van der Waals surface area contributed by atoms with Gasteiger partial charge in [-0.3, -0.25) is 4.79 Å². The van der Waals surface area contributed by atoms with Crippen LogP contribution in [0.4, 0.5) is 0 Å². The van der Waals surface area contributed by atoms with Gasteiger partial charge in [0.15, 0.2) is 0 Å². The van der Waals surface area contributed by atoms with E-state index < -0.39 is 0 Å². The lowest BCUT2D eigenvalue weighted by Gasteiger charge is -2.06. The van der Waals surface area contributed by atoms with Gasteiger partial charge in [0.1, 0.15) is 11.6 Å². The van der Waals surface area contributed by atoms with E-state index in [0.29, 0.717) is 19.0 Å². The molecule has 6 heteroatoms. The highest BCUT2D eigenvalue weighted by Crippen LogP contribution is 2.21. The van der Waals surface area contributed by atoms with Crippen LogP contribution < -0.4 is 4.74 Å². The summed E-state index contributed by atoms with van der Waals surface area (Å²) in [5.41, 5.74) is 1.91. The molecule has 2 rings (SSSR count). The van der Waals surface area contributed by atoms with Crippen LogP contribution in [0.2, 0.25) is 0 Å². The molecule has 26 heavy (non-hydrogen) atoms. The van der Waals surface area contributed by atoms with Crippen LogP contribution >= 0.6 is 0 Å². The minimum absolute atomic E-state index is 0.329. The third kappa shape index (κ3) is 7.29. The molecule has 0 aliphatic heterocycles. The van der Waals surface area contributed by atoms with Crippen LogP contribution in [0.5, 0.6) is 5.75 Å². The van der Waals surface area contributed by atoms with Gasteiger partial charge in [-0.25, -0.2) is 9.97 Å². The Morgan fingerprint density at radius 2 is 1.62 bits per heavy atom. The fourth-order valence-corrected chi connectivity index (χ4v) is 2.37. The molecule has 1 aromatic carbocycles. The second-order valence-electron chi connectivity index (χ2n) is 5.77. The topological polar surface area (TPSA) is 70.5 Å². The molecule has 1 heterocycles. The van der Waals surface area contributed by atoms with E-state index >= 15 is 0 Å². The fourth-order valence-electron chi connectivity index (χ4n) is 2.37. The van der Waals surface area contributed by atoms with E-state index in [1.54, 1.807) is 12.1 Å². The minimum Gasteiger partial charge on any atom is -0.427 e. The molecule has 6 nitrogen and oxygen atoms in total. The zero-order chi connectivity index (χ0) is 18.6. The standard InChI is InChI=1S/C20H26N2O4/c1-3-24-12-13-25-11-5-4-6-20-21-14-18(15-22-20)17-7-9-19(10-8-17)26-16(2)23/h7-10,14-15H,3-6,11-13H2,1-2H3. The summed E-state index contributed by atoms with van der Waals surface area (Å²) in [6.45, 7) is 6.13. The quantitative estimate of drug-likeness (QED) is 0.348. The van der Waals surface area contributed by atoms with Crippen LogP contribution in [0.25, 0.3) is 11.1 Å². The maximum atomic E-state index is 10.9. The highest BCUT2D eigenvalue weighted by atomic mass is 16.5. The number of esters is 1. The Bertz CT molecular complexity index is 657. The molecule has 0 saturated heterocycles. The summed E-state index contributed by atoms with van der Waals surface area (Å²) in [6, 6.07) is 7.29. The van der Waals surface area contributed by atoms with Gasteiger partial charge >= 0.3 is 5.97 Å². The van der Waals surface area contributed by atoms with E-state index in [0.717, 1.165) is 49.4 Å². The van der Waals surface area contributed by atoms with Crippen molar-refractivity contribution in [3.8, 4) is 16.9 Å². The van der Waals surface area contributed by atoms with Gasteiger partial charge in [0, 0.05) is 44.5 Å². The largest absolute Gasteiger partial charge is 0.427 e. The monoisotopic (exact) mass is 358 g/mol. The number of ether oxygens (including phenoxy) is 3. The van der Waals surface area contributed by atoms with E-state index in [9.17, 15) is 4.79 Å². The summed E-state index contributed by atoms with van der Waals surface area (Å²) >= 11 is 0. The van der Waals surface area contributed by atoms with Crippen LogP contribution in [0, 0.1) is 0 Å². The van der Waals surface area contributed by atoms with Gasteiger partial charge in [-0.15, -0.1) is 0 Å². The van der Waals surface area contributed by atoms with Crippen LogP contribution in [0.3, 0.4) is 0 Å². The molecule has 0 atom stereocenters. The van der Waals surface area contributed by atoms with Crippen molar-refractivity contribution in [1.29, 1.82) is 0 Å². The van der Waals surface area contributed by atoms with Crippen LogP contribution in [-0.2, 0) is 20.7 Å². The molecular weight excluding hydrogens is 332 g/mol. The number of carbonyl (C=O) groups excluding carboxylic acids is 1. The first-order valence-corrected chi connectivity index (χ1v) is 8.94. The fraction of sp³-hybridized carbons (Fsp3) is 0.450. The number of hydrogen-bond acceptors (Lipinski definition) is 6. The molecule has 1 aromatic heterocycles. The Balaban J connectivity index is 1.73. The van der Waals surface area contributed by atoms with Crippen LogP contribution in [-0.4, -0.2) is 42.4 Å². The number of carbonyl (C=O) groups is 1. The SMILES string of the molecule is CCOCCOCCCCc1ncc(-c2ccc(OC(C)=O)cc2)cn1. The highest BCUT2D eigenvalue weighted by molar-refractivity contribution is 5.70. The van der Waals surface area contributed by atoms with Gasteiger partial charge in [0.05, 0.1) is 13.2 Å². The number of rotatable bonds is 11. The summed E-state index contributed by atoms with van der Waals surface area (Å²) in [6.07, 6.45) is 6.45. The Kier molecular flexibility index (Phi) is 8.72. The molecule has 0 N–H and O–H groups in total. The first kappa shape index (κ1) is 20.0. The van der Waals surface area contributed by atoms with Gasteiger partial charge in [-0.1, -0.05) is 12.1 Å². The van der Waals surface area contributed by atoms with Crippen molar-refractivity contribution in [2.24, 2.45) is 0 Å². The van der Waals surface area contributed by atoms with E-state index in [2.05, 4.69) is 9.97 Å². The number of benzene rings is 1. The first-order chi connectivity index (χ1) is 12.7. The summed E-state index contributed by atoms with van der Waals surface area (Å²) in [5, 5.41) is 0. The molecule has 140 valence electrons. The lowest BCUT2D eigenvalue weighted by molar-refractivity contribution is -0.131. The number of aryl methyl sites for hydroxylation is 1. The molecule has 0 bridgehead atoms. The summed E-state index contributed by atoms with van der Waals surface area (Å²) in [4.78, 5) is 19.8. The van der Waals surface area contributed by atoms with Crippen LogP contribution in [0.1, 0.15) is 32.5 Å². The molecule has 0 fully saturated rings. The van der Waals surface area contributed by atoms with E-state index in [1.165, 1.54) is 6.92 Å². The smallest absolute Gasteiger partial charge is 0.308 e. The zero-order valence-corrected chi connectivity index (χ0v) is 15.4. The predicted octanol–water partition coefficient (Wildman–Crippen LogP) is 3.44. The molecule has 0 saturated carbocycles. The Morgan fingerprint density at radius 1 is 0.923 bits per heavy atom. The molecule has 0 amide bonds. The Hall–Kier alpha value is -2.31. The van der Waals surface area contributed by atoms with E-state index in [1.807, 2.05) is 31.5 Å². The highest BCUT2D eigenvalue weighted by Gasteiger charge is 2.03. The summed E-state index contributed by atoms with van der Waals surface area (Å²) < 4.78 is 15.7. The molecular formula is C20H26N2O4. The number of aromatic nitrogens is 2. The summed E-state index contributed by atoms with van der Waals surface area (Å²) in [5.74, 6) is 1.03. The van der Waals surface area contributed by atoms with Crippen molar-refractivity contribution in [2.75, 3.05) is 26.4 Å². The van der Waals surface area contributed by atoms with Crippen LogP contribution in [0.15, 0.2) is 36.7 Å².